The minimum absolute atomic E-state index is 0.133. The van der Waals surface area contributed by atoms with Gasteiger partial charge in [-0.2, -0.15) is 0 Å². The van der Waals surface area contributed by atoms with Crippen molar-refractivity contribution in [3.63, 3.8) is 0 Å². The van der Waals surface area contributed by atoms with Crippen LogP contribution in [0.3, 0.4) is 0 Å². The number of carbonyl (C=O) groups is 1. The molecule has 5 nitrogen and oxygen atoms in total. The summed E-state index contributed by atoms with van der Waals surface area (Å²) in [7, 11) is 1.42. The summed E-state index contributed by atoms with van der Waals surface area (Å²) in [4.78, 5) is 21.5. The lowest BCUT2D eigenvalue weighted by Crippen LogP contribution is -2.17. The van der Waals surface area contributed by atoms with Crippen LogP contribution in [0.5, 0.6) is 0 Å². The van der Waals surface area contributed by atoms with E-state index in [0.29, 0.717) is 18.3 Å². The minimum atomic E-state index is -0.378. The fourth-order valence-electron chi connectivity index (χ4n) is 2.89. The Kier molecular flexibility index (Phi) is 4.71. The fraction of sp³-hybridized carbons (Fsp3) is 0.533. The summed E-state index contributed by atoms with van der Waals surface area (Å²) in [5.74, 6) is 0.727. The van der Waals surface area contributed by atoms with Gasteiger partial charge in [-0.25, -0.2) is 0 Å². The first-order chi connectivity index (χ1) is 9.60. The zero-order chi connectivity index (χ0) is 14.5. The van der Waals surface area contributed by atoms with Crippen LogP contribution < -0.4 is 0 Å². The van der Waals surface area contributed by atoms with E-state index in [9.17, 15) is 14.9 Å². The molecule has 0 saturated heterocycles. The lowest BCUT2D eigenvalue weighted by molar-refractivity contribution is -0.384. The monoisotopic (exact) mass is 277 g/mol. The second-order valence-electron chi connectivity index (χ2n) is 5.35. The Morgan fingerprint density at radius 2 is 1.85 bits per heavy atom. The molecule has 0 radical (unpaired) electrons. The predicted octanol–water partition coefficient (Wildman–Crippen LogP) is 3.43. The highest BCUT2D eigenvalue weighted by Crippen LogP contribution is 2.37. The standard InChI is InChI=1S/C15H19NO4/c1-20-15(17)10-11-2-4-12(5-3-11)13-6-8-14(9-7-13)16(18)19/h6-9,11-12H,2-5,10H2,1H3. The van der Waals surface area contributed by atoms with Gasteiger partial charge in [0, 0.05) is 18.6 Å². The summed E-state index contributed by atoms with van der Waals surface area (Å²) in [5, 5.41) is 10.6. The number of nitro benzene ring substituents is 1. The Hall–Kier alpha value is -1.91. The van der Waals surface area contributed by atoms with Gasteiger partial charge in [0.2, 0.25) is 0 Å². The van der Waals surface area contributed by atoms with Crippen LogP contribution in [0.2, 0.25) is 0 Å². The Morgan fingerprint density at radius 1 is 1.25 bits per heavy atom. The van der Waals surface area contributed by atoms with Crippen LogP contribution in [0.4, 0.5) is 5.69 Å². The summed E-state index contributed by atoms with van der Waals surface area (Å²) in [6.45, 7) is 0. The molecule has 0 amide bonds. The van der Waals surface area contributed by atoms with Crippen LogP contribution in [0.1, 0.15) is 43.6 Å². The lowest BCUT2D eigenvalue weighted by atomic mass is 9.77. The number of hydrogen-bond donors (Lipinski definition) is 0. The number of nitro groups is 1. The summed E-state index contributed by atoms with van der Waals surface area (Å²) in [5.41, 5.74) is 1.29. The van der Waals surface area contributed by atoms with Gasteiger partial charge in [0.15, 0.2) is 0 Å². The van der Waals surface area contributed by atoms with Gasteiger partial charge < -0.3 is 4.74 Å². The quantitative estimate of drug-likeness (QED) is 0.480. The predicted molar refractivity (Wildman–Crippen MR) is 74.4 cm³/mol. The second-order valence-corrected chi connectivity index (χ2v) is 5.35. The van der Waals surface area contributed by atoms with Crippen molar-refractivity contribution in [2.75, 3.05) is 7.11 Å². The van der Waals surface area contributed by atoms with Crippen LogP contribution in [-0.4, -0.2) is 18.0 Å². The molecule has 0 aromatic heterocycles. The van der Waals surface area contributed by atoms with Crippen LogP contribution in [0, 0.1) is 16.0 Å². The Labute approximate surface area is 118 Å². The van der Waals surface area contributed by atoms with E-state index in [-0.39, 0.29) is 16.6 Å². The maximum atomic E-state index is 11.2. The molecule has 0 spiro atoms. The zero-order valence-electron chi connectivity index (χ0n) is 11.6. The minimum Gasteiger partial charge on any atom is -0.469 e. The molecule has 0 atom stereocenters. The van der Waals surface area contributed by atoms with E-state index in [1.54, 1.807) is 12.1 Å². The van der Waals surface area contributed by atoms with Gasteiger partial charge in [-0.05, 0) is 43.1 Å². The first kappa shape index (κ1) is 14.5. The molecule has 108 valence electrons. The summed E-state index contributed by atoms with van der Waals surface area (Å²) in [6.07, 6.45) is 4.58. The molecule has 0 unspecified atom stereocenters. The first-order valence-corrected chi connectivity index (χ1v) is 6.91. The van der Waals surface area contributed by atoms with E-state index in [2.05, 4.69) is 0 Å². The van der Waals surface area contributed by atoms with Gasteiger partial charge in [0.25, 0.3) is 5.69 Å². The van der Waals surface area contributed by atoms with Gasteiger partial charge in [-0.3, -0.25) is 14.9 Å². The average molecular weight is 277 g/mol. The first-order valence-electron chi connectivity index (χ1n) is 6.91. The SMILES string of the molecule is COC(=O)CC1CCC(c2ccc([N+](=O)[O-])cc2)CC1. The van der Waals surface area contributed by atoms with Crippen molar-refractivity contribution in [2.24, 2.45) is 5.92 Å². The molecular formula is C15H19NO4. The Morgan fingerprint density at radius 3 is 2.35 bits per heavy atom. The highest BCUT2D eigenvalue weighted by Gasteiger charge is 2.24. The van der Waals surface area contributed by atoms with Crippen molar-refractivity contribution in [1.82, 2.24) is 0 Å². The number of carbonyl (C=O) groups excluding carboxylic acids is 1. The van der Waals surface area contributed by atoms with E-state index >= 15 is 0 Å². The van der Waals surface area contributed by atoms with Gasteiger partial charge >= 0.3 is 5.97 Å². The molecule has 0 aliphatic heterocycles. The van der Waals surface area contributed by atoms with Crippen LogP contribution in [0.25, 0.3) is 0 Å². The zero-order valence-corrected chi connectivity index (χ0v) is 11.6. The van der Waals surface area contributed by atoms with Gasteiger partial charge in [-0.15, -0.1) is 0 Å². The summed E-state index contributed by atoms with van der Waals surface area (Å²) < 4.78 is 4.70. The number of methoxy groups -OCH3 is 1. The molecule has 1 saturated carbocycles. The number of esters is 1. The topological polar surface area (TPSA) is 69.4 Å². The third-order valence-electron chi connectivity index (χ3n) is 4.11. The number of rotatable bonds is 4. The number of nitrogens with zero attached hydrogens (tertiary/aromatic N) is 1. The molecule has 1 fully saturated rings. The molecule has 1 aromatic rings. The Bertz CT molecular complexity index is 475. The molecule has 2 rings (SSSR count). The molecule has 20 heavy (non-hydrogen) atoms. The van der Waals surface area contributed by atoms with Crippen molar-refractivity contribution in [3.05, 3.63) is 39.9 Å². The van der Waals surface area contributed by atoms with Gasteiger partial charge in [0.1, 0.15) is 0 Å². The smallest absolute Gasteiger partial charge is 0.305 e. The molecule has 1 aromatic carbocycles. The number of non-ortho nitro benzene ring substituents is 1. The molecule has 1 aliphatic carbocycles. The van der Waals surface area contributed by atoms with E-state index in [0.717, 1.165) is 31.2 Å². The molecule has 0 bridgehead atoms. The summed E-state index contributed by atoms with van der Waals surface area (Å²) >= 11 is 0. The van der Waals surface area contributed by atoms with E-state index in [4.69, 9.17) is 4.74 Å². The largest absolute Gasteiger partial charge is 0.469 e. The van der Waals surface area contributed by atoms with Gasteiger partial charge in [-0.1, -0.05) is 12.1 Å². The summed E-state index contributed by atoms with van der Waals surface area (Å²) in [6, 6.07) is 6.83. The fourth-order valence-corrected chi connectivity index (χ4v) is 2.89. The molecular weight excluding hydrogens is 258 g/mol. The van der Waals surface area contributed by atoms with Crippen molar-refractivity contribution in [1.29, 1.82) is 0 Å². The molecule has 0 N–H and O–H groups in total. The molecule has 5 heteroatoms. The highest BCUT2D eigenvalue weighted by molar-refractivity contribution is 5.69. The number of hydrogen-bond acceptors (Lipinski definition) is 4. The molecule has 0 heterocycles. The molecule has 1 aliphatic rings. The van der Waals surface area contributed by atoms with Crippen molar-refractivity contribution in [3.8, 4) is 0 Å². The van der Waals surface area contributed by atoms with Crippen LogP contribution in [0.15, 0.2) is 24.3 Å². The third kappa shape index (κ3) is 3.56. The normalized spacial score (nSPS) is 22.2. The van der Waals surface area contributed by atoms with E-state index in [1.165, 1.54) is 7.11 Å². The number of benzene rings is 1. The maximum Gasteiger partial charge on any atom is 0.305 e. The Balaban J connectivity index is 1.90. The van der Waals surface area contributed by atoms with Crippen LogP contribution in [-0.2, 0) is 9.53 Å². The van der Waals surface area contributed by atoms with E-state index < -0.39 is 0 Å². The lowest BCUT2D eigenvalue weighted by Gasteiger charge is -2.28. The highest BCUT2D eigenvalue weighted by atomic mass is 16.6. The van der Waals surface area contributed by atoms with Crippen molar-refractivity contribution < 1.29 is 14.5 Å². The third-order valence-corrected chi connectivity index (χ3v) is 4.11. The van der Waals surface area contributed by atoms with Gasteiger partial charge in [0.05, 0.1) is 12.0 Å². The van der Waals surface area contributed by atoms with Crippen LogP contribution >= 0.6 is 0 Å². The maximum absolute atomic E-state index is 11.2. The number of ether oxygens (including phenoxy) is 1. The second kappa shape index (κ2) is 6.50. The average Bonchev–Trinajstić information content (AvgIpc) is 2.48. The van der Waals surface area contributed by atoms with Crippen molar-refractivity contribution >= 4 is 11.7 Å². The van der Waals surface area contributed by atoms with E-state index in [1.807, 2.05) is 12.1 Å². The van der Waals surface area contributed by atoms with Crippen molar-refractivity contribution in [2.45, 2.75) is 38.0 Å².